The van der Waals surface area contributed by atoms with Crippen molar-refractivity contribution in [2.45, 2.75) is 31.9 Å². The van der Waals surface area contributed by atoms with Crippen molar-refractivity contribution in [2.24, 2.45) is 0 Å². The largest absolute Gasteiger partial charge is 0.372 e. The summed E-state index contributed by atoms with van der Waals surface area (Å²) in [4.78, 5) is 33.9. The van der Waals surface area contributed by atoms with Crippen LogP contribution in [0, 0.1) is 16.9 Å². The molecule has 0 aliphatic rings. The summed E-state index contributed by atoms with van der Waals surface area (Å²) in [6, 6.07) is -1.13. The van der Waals surface area contributed by atoms with Crippen molar-refractivity contribution in [1.29, 1.82) is 10.7 Å². The van der Waals surface area contributed by atoms with E-state index in [4.69, 9.17) is 15.4 Å². The number of hydrogen-bond donors (Lipinski definition) is 2. The van der Waals surface area contributed by atoms with Crippen molar-refractivity contribution in [3.8, 4) is 6.26 Å². The number of Topliss-reactive ketones (excluding diaryl/α,β-unsaturated/α-hetero) is 1. The smallest absolute Gasteiger partial charge is 0.344 e. The lowest BCUT2D eigenvalue weighted by molar-refractivity contribution is -0.143. The van der Waals surface area contributed by atoms with Crippen molar-refractivity contribution in [3.63, 3.8) is 0 Å². The topological polar surface area (TPSA) is 129 Å². The molecule has 8 heteroatoms. The molecule has 0 bridgehead atoms. The number of ketones is 1. The van der Waals surface area contributed by atoms with Crippen LogP contribution in [0.2, 0.25) is 0 Å². The third-order valence-electron chi connectivity index (χ3n) is 2.31. The van der Waals surface area contributed by atoms with Gasteiger partial charge in [-0.25, -0.2) is 4.79 Å². The Morgan fingerprint density at radius 2 is 2.11 bits per heavy atom. The summed E-state index contributed by atoms with van der Waals surface area (Å²) >= 11 is 0. The molecule has 2 atom stereocenters. The van der Waals surface area contributed by atoms with Crippen LogP contribution in [0.4, 0.5) is 0 Å². The Morgan fingerprint density at radius 3 is 2.58 bits per heavy atom. The zero-order valence-electron chi connectivity index (χ0n) is 10.6. The van der Waals surface area contributed by atoms with Gasteiger partial charge in [0.25, 0.3) is 6.26 Å². The monoisotopic (exact) mass is 269 g/mol. The number of rotatable bonds is 8. The number of hydrogen-bond acceptors (Lipinski definition) is 7. The average molecular weight is 269 g/mol. The van der Waals surface area contributed by atoms with Crippen LogP contribution in [0.15, 0.2) is 0 Å². The summed E-state index contributed by atoms with van der Waals surface area (Å²) in [5, 5.41) is 17.3. The molecule has 0 saturated carbocycles. The summed E-state index contributed by atoms with van der Waals surface area (Å²) in [6.07, 6.45) is 0.866. The van der Waals surface area contributed by atoms with Crippen molar-refractivity contribution in [3.05, 3.63) is 0 Å². The molecule has 0 aliphatic heterocycles. The second kappa shape index (κ2) is 8.77. The fourth-order valence-corrected chi connectivity index (χ4v) is 1.12. The molecule has 0 aliphatic carbocycles. The van der Waals surface area contributed by atoms with Crippen LogP contribution in [0.1, 0.15) is 19.8 Å². The molecule has 0 aromatic carbocycles. The van der Waals surface area contributed by atoms with Crippen LogP contribution in [-0.2, 0) is 23.9 Å². The molecule has 1 amide bonds. The van der Waals surface area contributed by atoms with Crippen LogP contribution in [-0.4, -0.2) is 43.1 Å². The number of nitrogens with one attached hydrogen (secondary N) is 2. The molecule has 8 nitrogen and oxygen atoms in total. The zero-order valence-corrected chi connectivity index (χ0v) is 10.6. The van der Waals surface area contributed by atoms with Crippen LogP contribution >= 0.6 is 0 Å². The van der Waals surface area contributed by atoms with Crippen molar-refractivity contribution in [1.82, 2.24) is 5.32 Å². The number of nitrogens with zero attached hydrogens (tertiary/aromatic N) is 1. The summed E-state index contributed by atoms with van der Waals surface area (Å²) in [6.45, 7) is 1.48. The summed E-state index contributed by atoms with van der Waals surface area (Å²) < 4.78 is 8.89. The number of amides is 1. The highest BCUT2D eigenvalue weighted by molar-refractivity contribution is 6.26. The van der Waals surface area contributed by atoms with E-state index in [-0.39, 0.29) is 12.8 Å². The normalized spacial score (nSPS) is 12.7. The van der Waals surface area contributed by atoms with E-state index in [0.29, 0.717) is 6.21 Å². The maximum absolute atomic E-state index is 11.6. The van der Waals surface area contributed by atoms with E-state index >= 15 is 0 Å². The first kappa shape index (κ1) is 16.7. The van der Waals surface area contributed by atoms with Crippen molar-refractivity contribution >= 4 is 23.9 Å². The molecular weight excluding hydrogens is 254 g/mol. The van der Waals surface area contributed by atoms with Gasteiger partial charge in [-0.2, -0.15) is 0 Å². The van der Waals surface area contributed by atoms with Gasteiger partial charge in [0.15, 0.2) is 5.78 Å². The third-order valence-corrected chi connectivity index (χ3v) is 2.31. The first-order valence-electron chi connectivity index (χ1n) is 5.42. The quantitative estimate of drug-likeness (QED) is 0.348. The van der Waals surface area contributed by atoms with Gasteiger partial charge in [0, 0.05) is 13.5 Å². The van der Waals surface area contributed by atoms with Gasteiger partial charge in [0.1, 0.15) is 12.1 Å². The van der Waals surface area contributed by atoms with Crippen LogP contribution in [0.25, 0.3) is 0 Å². The maximum Gasteiger partial charge on any atom is 0.344 e. The summed E-state index contributed by atoms with van der Waals surface area (Å²) in [5.41, 5.74) is 0. The molecule has 0 heterocycles. The Labute approximate surface area is 110 Å². The van der Waals surface area contributed by atoms with Gasteiger partial charge in [-0.3, -0.25) is 9.59 Å². The number of carbonyl (C=O) groups excluding carboxylic acids is 3. The van der Waals surface area contributed by atoms with Gasteiger partial charge in [0.2, 0.25) is 5.91 Å². The molecule has 104 valence electrons. The maximum atomic E-state index is 11.6. The molecule has 0 spiro atoms. The lowest BCUT2D eigenvalue weighted by Crippen LogP contribution is -2.45. The predicted molar refractivity (Wildman–Crippen MR) is 63.1 cm³/mol. The van der Waals surface area contributed by atoms with Gasteiger partial charge < -0.3 is 20.2 Å². The number of esters is 1. The summed E-state index contributed by atoms with van der Waals surface area (Å²) in [5.74, 6) is -2.02. The molecule has 0 aromatic heterocycles. The lowest BCUT2D eigenvalue weighted by atomic mass is 10.1. The average Bonchev–Trinajstić information content (AvgIpc) is 2.41. The minimum Gasteiger partial charge on any atom is -0.372 e. The molecule has 0 fully saturated rings. The van der Waals surface area contributed by atoms with Crippen LogP contribution in [0.3, 0.4) is 0 Å². The standard InChI is InChI=1S/C11H15N3O5/c1-7(18-2)10(16)14-9(11(17)19-6-13)4-3-8(15)5-12/h5,7,9,12H,3-4H2,1-2H3,(H,14,16)/t7-,9-/m0/s1. The molecule has 0 aromatic rings. The number of nitriles is 1. The van der Waals surface area contributed by atoms with Gasteiger partial charge in [-0.1, -0.05) is 0 Å². The number of ether oxygens (including phenoxy) is 2. The Hall–Kier alpha value is -2.27. The minimum atomic E-state index is -1.13. The molecule has 0 rings (SSSR count). The fraction of sp³-hybridized carbons (Fsp3) is 0.545. The first-order chi connectivity index (χ1) is 8.96. The van der Waals surface area contributed by atoms with Crippen molar-refractivity contribution < 1.29 is 23.9 Å². The Bertz CT molecular complexity index is 402. The molecule has 0 unspecified atom stereocenters. The molecule has 0 saturated heterocycles. The highest BCUT2D eigenvalue weighted by Gasteiger charge is 2.25. The lowest BCUT2D eigenvalue weighted by Gasteiger charge is -2.17. The van der Waals surface area contributed by atoms with Gasteiger partial charge in [-0.05, 0) is 13.3 Å². The van der Waals surface area contributed by atoms with Gasteiger partial charge >= 0.3 is 5.97 Å². The Kier molecular flexibility index (Phi) is 7.72. The molecule has 19 heavy (non-hydrogen) atoms. The van der Waals surface area contributed by atoms with Gasteiger partial charge in [0.05, 0.1) is 6.21 Å². The predicted octanol–water partition coefficient (Wildman–Crippen LogP) is -0.471. The van der Waals surface area contributed by atoms with E-state index in [1.54, 1.807) is 0 Å². The van der Waals surface area contributed by atoms with E-state index in [9.17, 15) is 14.4 Å². The number of carbonyl (C=O) groups is 3. The van der Waals surface area contributed by atoms with E-state index < -0.39 is 29.8 Å². The summed E-state index contributed by atoms with van der Waals surface area (Å²) in [7, 11) is 1.32. The van der Waals surface area contributed by atoms with Crippen LogP contribution < -0.4 is 5.32 Å². The number of methoxy groups -OCH3 is 1. The molecule has 2 N–H and O–H groups in total. The van der Waals surface area contributed by atoms with E-state index in [1.165, 1.54) is 20.3 Å². The van der Waals surface area contributed by atoms with Crippen LogP contribution in [0.5, 0.6) is 0 Å². The SMILES string of the molecule is CO[C@@H](C)C(=O)N[C@@H](CCC(=O)C=N)C(=O)OC#N. The van der Waals surface area contributed by atoms with E-state index in [2.05, 4.69) is 10.1 Å². The van der Waals surface area contributed by atoms with Gasteiger partial charge in [-0.15, -0.1) is 5.26 Å². The Balaban J connectivity index is 4.63. The van der Waals surface area contributed by atoms with Crippen molar-refractivity contribution in [2.75, 3.05) is 7.11 Å². The first-order valence-corrected chi connectivity index (χ1v) is 5.42. The minimum absolute atomic E-state index is 0.0586. The second-order valence-corrected chi connectivity index (χ2v) is 3.60. The third kappa shape index (κ3) is 6.28. The fourth-order valence-electron chi connectivity index (χ4n) is 1.12. The highest BCUT2D eigenvalue weighted by atomic mass is 16.5. The second-order valence-electron chi connectivity index (χ2n) is 3.60. The Morgan fingerprint density at radius 1 is 1.47 bits per heavy atom. The van der Waals surface area contributed by atoms with E-state index in [1.807, 2.05) is 0 Å². The molecule has 0 radical (unpaired) electrons. The molecular formula is C11H15N3O5. The van der Waals surface area contributed by atoms with E-state index in [0.717, 1.165) is 0 Å². The zero-order chi connectivity index (χ0) is 14.8. The highest BCUT2D eigenvalue weighted by Crippen LogP contribution is 2.02.